The Morgan fingerprint density at radius 2 is 1.86 bits per heavy atom. The molecular weight excluding hydrogens is 442 g/mol. The van der Waals surface area contributed by atoms with Gasteiger partial charge in [-0.3, -0.25) is 9.59 Å². The van der Waals surface area contributed by atoms with E-state index in [1.807, 2.05) is 45.0 Å². The Balaban J connectivity index is 3.46. The number of nitrogens with one attached hydrogen (secondary N) is 2. The second kappa shape index (κ2) is 14.3. The lowest BCUT2D eigenvalue weighted by Gasteiger charge is -2.35. The van der Waals surface area contributed by atoms with Gasteiger partial charge in [-0.2, -0.15) is 0 Å². The van der Waals surface area contributed by atoms with Crippen LogP contribution < -0.4 is 10.6 Å². The maximum Gasteiger partial charge on any atom is 0.408 e. The van der Waals surface area contributed by atoms with Gasteiger partial charge < -0.3 is 20.3 Å². The molecule has 7 nitrogen and oxygen atoms in total. The van der Waals surface area contributed by atoms with Crippen LogP contribution in [0.25, 0.3) is 6.08 Å². The lowest BCUT2D eigenvalue weighted by atomic mass is 9.95. The molecular formula is C28H43N3O4. The van der Waals surface area contributed by atoms with Gasteiger partial charge in [0.15, 0.2) is 0 Å². The summed E-state index contributed by atoms with van der Waals surface area (Å²) in [7, 11) is 0. The molecule has 7 heteroatoms. The molecule has 1 aromatic carbocycles. The first kappa shape index (κ1) is 29.9. The SMILES string of the molecule is C=CCN(C(=O)C(NC(=O)OC(C)(C)C)C(C)CC)C(C(=O)NCCCC)c1cccc(C=C)c1. The maximum absolute atomic E-state index is 13.9. The highest BCUT2D eigenvalue weighted by Gasteiger charge is 2.37. The molecule has 0 radical (unpaired) electrons. The Morgan fingerprint density at radius 3 is 2.40 bits per heavy atom. The number of amides is 3. The average Bonchev–Trinajstić information content (AvgIpc) is 2.80. The van der Waals surface area contributed by atoms with Crippen LogP contribution in [0.1, 0.15) is 78.0 Å². The van der Waals surface area contributed by atoms with Crippen molar-refractivity contribution >= 4 is 24.0 Å². The van der Waals surface area contributed by atoms with Crippen LogP contribution in [0.15, 0.2) is 43.5 Å². The van der Waals surface area contributed by atoms with Gasteiger partial charge in [0.2, 0.25) is 11.8 Å². The minimum absolute atomic E-state index is 0.131. The number of hydrogen-bond donors (Lipinski definition) is 2. The van der Waals surface area contributed by atoms with E-state index in [2.05, 4.69) is 23.8 Å². The van der Waals surface area contributed by atoms with E-state index >= 15 is 0 Å². The minimum Gasteiger partial charge on any atom is -0.444 e. The molecule has 0 saturated heterocycles. The molecule has 0 aliphatic rings. The zero-order chi connectivity index (χ0) is 26.6. The molecule has 0 heterocycles. The smallest absolute Gasteiger partial charge is 0.408 e. The minimum atomic E-state index is -0.899. The maximum atomic E-state index is 13.9. The molecule has 3 amide bonds. The number of carbonyl (C=O) groups excluding carboxylic acids is 3. The molecule has 0 aliphatic carbocycles. The fraction of sp³-hybridized carbons (Fsp3) is 0.536. The van der Waals surface area contributed by atoms with Gasteiger partial charge in [-0.05, 0) is 50.3 Å². The van der Waals surface area contributed by atoms with Gasteiger partial charge in [0.05, 0.1) is 0 Å². The van der Waals surface area contributed by atoms with Crippen molar-refractivity contribution in [1.82, 2.24) is 15.5 Å². The van der Waals surface area contributed by atoms with E-state index in [0.29, 0.717) is 18.5 Å². The van der Waals surface area contributed by atoms with Gasteiger partial charge >= 0.3 is 6.09 Å². The Labute approximate surface area is 211 Å². The van der Waals surface area contributed by atoms with Crippen LogP contribution in [0.2, 0.25) is 0 Å². The topological polar surface area (TPSA) is 87.7 Å². The Kier molecular flexibility index (Phi) is 12.3. The van der Waals surface area contributed by atoms with Crippen LogP contribution in [0.4, 0.5) is 4.79 Å². The monoisotopic (exact) mass is 485 g/mol. The number of unbranched alkanes of at least 4 members (excludes halogenated alkanes) is 1. The first-order valence-corrected chi connectivity index (χ1v) is 12.4. The van der Waals surface area contributed by atoms with Crippen molar-refractivity contribution in [3.05, 3.63) is 54.6 Å². The highest BCUT2D eigenvalue weighted by Crippen LogP contribution is 2.26. The number of nitrogens with zero attached hydrogens (tertiary/aromatic N) is 1. The van der Waals surface area contributed by atoms with Crippen molar-refractivity contribution in [3.63, 3.8) is 0 Å². The van der Waals surface area contributed by atoms with Gasteiger partial charge in [0, 0.05) is 13.1 Å². The standard InChI is InChI=1S/C28H43N3O4/c1-9-13-17-29-25(32)24(22-16-14-15-21(12-4)19-22)31(18-10-2)26(33)23(20(5)11-3)30-27(34)35-28(6,7)8/h10,12,14-16,19-20,23-24H,2,4,9,11,13,17-18H2,1,3,5-8H3,(H,29,32)(H,30,34). The summed E-state index contributed by atoms with van der Waals surface area (Å²) in [4.78, 5) is 41.4. The first-order chi connectivity index (χ1) is 16.5. The first-order valence-electron chi connectivity index (χ1n) is 12.4. The van der Waals surface area contributed by atoms with Crippen LogP contribution in [-0.2, 0) is 14.3 Å². The molecule has 0 saturated carbocycles. The second-order valence-electron chi connectivity index (χ2n) is 9.71. The molecule has 35 heavy (non-hydrogen) atoms. The molecule has 2 N–H and O–H groups in total. The molecule has 0 fully saturated rings. The van der Waals surface area contributed by atoms with Crippen molar-refractivity contribution in [3.8, 4) is 0 Å². The van der Waals surface area contributed by atoms with E-state index in [1.165, 1.54) is 4.90 Å². The fourth-order valence-corrected chi connectivity index (χ4v) is 3.57. The van der Waals surface area contributed by atoms with Crippen molar-refractivity contribution in [2.45, 2.75) is 78.5 Å². The Bertz CT molecular complexity index is 875. The third-order valence-electron chi connectivity index (χ3n) is 5.61. The fourth-order valence-electron chi connectivity index (χ4n) is 3.57. The van der Waals surface area contributed by atoms with Gasteiger partial charge in [0.25, 0.3) is 0 Å². The molecule has 194 valence electrons. The summed E-state index contributed by atoms with van der Waals surface area (Å²) in [5.41, 5.74) is 0.790. The van der Waals surface area contributed by atoms with E-state index in [1.54, 1.807) is 32.9 Å². The molecule has 0 bridgehead atoms. The normalized spacial score (nSPS) is 13.7. The number of ether oxygens (including phenoxy) is 1. The van der Waals surface area contributed by atoms with E-state index in [4.69, 9.17) is 4.74 Å². The van der Waals surface area contributed by atoms with Crippen molar-refractivity contribution < 1.29 is 19.1 Å². The molecule has 1 rings (SSSR count). The van der Waals surface area contributed by atoms with Crippen molar-refractivity contribution in [2.24, 2.45) is 5.92 Å². The number of hydrogen-bond acceptors (Lipinski definition) is 4. The van der Waals surface area contributed by atoms with Crippen LogP contribution in [0.3, 0.4) is 0 Å². The van der Waals surface area contributed by atoms with Gasteiger partial charge in [0.1, 0.15) is 17.7 Å². The Morgan fingerprint density at radius 1 is 1.17 bits per heavy atom. The number of benzene rings is 1. The van der Waals surface area contributed by atoms with Gasteiger partial charge in [-0.25, -0.2) is 4.79 Å². The summed E-state index contributed by atoms with van der Waals surface area (Å²) < 4.78 is 5.41. The summed E-state index contributed by atoms with van der Waals surface area (Å²) in [6, 6.07) is 5.61. The van der Waals surface area contributed by atoms with Gasteiger partial charge in [-0.15, -0.1) is 6.58 Å². The predicted octanol–water partition coefficient (Wildman–Crippen LogP) is 5.24. The lowest BCUT2D eigenvalue weighted by Crippen LogP contribution is -2.55. The summed E-state index contributed by atoms with van der Waals surface area (Å²) in [6.07, 6.45) is 5.02. The van der Waals surface area contributed by atoms with Gasteiger partial charge in [-0.1, -0.05) is 70.5 Å². The van der Waals surface area contributed by atoms with Crippen LogP contribution in [0.5, 0.6) is 0 Å². The quantitative estimate of drug-likeness (QED) is 0.295. The predicted molar refractivity (Wildman–Crippen MR) is 142 cm³/mol. The van der Waals surface area contributed by atoms with E-state index in [9.17, 15) is 14.4 Å². The second-order valence-corrected chi connectivity index (χ2v) is 9.71. The average molecular weight is 486 g/mol. The highest BCUT2D eigenvalue weighted by atomic mass is 16.6. The molecule has 3 atom stereocenters. The van der Waals surface area contributed by atoms with Crippen molar-refractivity contribution in [2.75, 3.05) is 13.1 Å². The zero-order valence-corrected chi connectivity index (χ0v) is 22.2. The number of alkyl carbamates (subject to hydrolysis) is 1. The van der Waals surface area contributed by atoms with E-state index in [-0.39, 0.29) is 24.3 Å². The summed E-state index contributed by atoms with van der Waals surface area (Å²) in [6.45, 7) is 19.4. The molecule has 1 aromatic rings. The van der Waals surface area contributed by atoms with Crippen molar-refractivity contribution in [1.29, 1.82) is 0 Å². The third kappa shape index (κ3) is 9.59. The van der Waals surface area contributed by atoms with Crippen LogP contribution in [0, 0.1) is 5.92 Å². The van der Waals surface area contributed by atoms with Crippen LogP contribution >= 0.6 is 0 Å². The summed E-state index contributed by atoms with van der Waals surface area (Å²) >= 11 is 0. The lowest BCUT2D eigenvalue weighted by molar-refractivity contribution is -0.142. The number of rotatable bonds is 13. The number of carbonyl (C=O) groups is 3. The third-order valence-corrected chi connectivity index (χ3v) is 5.61. The van der Waals surface area contributed by atoms with Crippen LogP contribution in [-0.4, -0.2) is 47.5 Å². The molecule has 0 spiro atoms. The molecule has 3 unspecified atom stereocenters. The summed E-state index contributed by atoms with van der Waals surface area (Å²) in [5, 5.41) is 5.71. The van der Waals surface area contributed by atoms with E-state index in [0.717, 1.165) is 18.4 Å². The van der Waals surface area contributed by atoms with E-state index < -0.39 is 23.8 Å². The molecule has 0 aromatic heterocycles. The zero-order valence-electron chi connectivity index (χ0n) is 22.2. The summed E-state index contributed by atoms with van der Waals surface area (Å²) in [5.74, 6) is -0.842. The highest BCUT2D eigenvalue weighted by molar-refractivity contribution is 5.92. The molecule has 0 aliphatic heterocycles. The Hall–Kier alpha value is -3.09. The largest absolute Gasteiger partial charge is 0.444 e.